The highest BCUT2D eigenvalue weighted by atomic mass is 16.6. The van der Waals surface area contributed by atoms with Crippen molar-refractivity contribution >= 4 is 58.4 Å². The Labute approximate surface area is 447 Å². The van der Waals surface area contributed by atoms with E-state index < -0.39 is 94.2 Å². The zero-order valence-electron chi connectivity index (χ0n) is 44.0. The number of carbonyl (C=O) groups excluding carboxylic acids is 3. The number of ether oxygens (including phenoxy) is 4. The van der Waals surface area contributed by atoms with E-state index in [1.165, 1.54) is 26.7 Å². The molecule has 1 spiro atoms. The molecular weight excluding hydrogens is 1030 g/mol. The van der Waals surface area contributed by atoms with Gasteiger partial charge in [-0.3, -0.25) is 19.4 Å². The number of aliphatic hydroxyl groups excluding tert-OH is 4. The van der Waals surface area contributed by atoms with Crippen LogP contribution in [-0.2, 0) is 65.1 Å². The first-order valence-corrected chi connectivity index (χ1v) is 24.9. The minimum Gasteiger partial charge on any atom is -0.496 e. The van der Waals surface area contributed by atoms with Crippen LogP contribution in [0.15, 0.2) is 60.2 Å². The summed E-state index contributed by atoms with van der Waals surface area (Å²) in [7, 11) is 6.22. The molecule has 6 aliphatic rings. The number of hydrogen-bond donors (Lipinski definition) is 10. The Balaban J connectivity index is 0.000000398. The minimum absolute atomic E-state index is 0. The third-order valence-electron chi connectivity index (χ3n) is 16.4. The number of benzene rings is 2. The van der Waals surface area contributed by atoms with Crippen molar-refractivity contribution in [2.45, 2.75) is 112 Å². The number of aliphatic carboxylic acids is 4. The van der Waals surface area contributed by atoms with Crippen molar-refractivity contribution in [2.24, 2.45) is 11.3 Å². The Kier molecular flexibility index (Phi) is 17.6. The molecule has 13 atom stereocenters. The van der Waals surface area contributed by atoms with Crippen LogP contribution in [0.1, 0.15) is 68.8 Å². The van der Waals surface area contributed by atoms with E-state index in [0.29, 0.717) is 50.2 Å². The first kappa shape index (κ1) is 60.3. The molecule has 9 rings (SSSR count). The van der Waals surface area contributed by atoms with Crippen molar-refractivity contribution in [3.63, 3.8) is 0 Å². The second-order valence-electron chi connectivity index (χ2n) is 20.3. The number of methoxy groups -OCH3 is 3. The molecule has 2 unspecified atom stereocenters. The summed E-state index contributed by atoms with van der Waals surface area (Å²) in [5, 5.41) is 79.4. The van der Waals surface area contributed by atoms with Gasteiger partial charge in [0.15, 0.2) is 30.5 Å². The number of hydrogen-bond acceptors (Lipinski definition) is 19. The number of nitrogens with one attached hydrogen (secondary N) is 1. The van der Waals surface area contributed by atoms with Crippen molar-refractivity contribution in [1.29, 1.82) is 0 Å². The van der Waals surface area contributed by atoms with Crippen LogP contribution >= 0.6 is 0 Å². The SMILES string of the molecule is CCC1=C[C@@H]2CN(C1)Cc1c([nH]c3ccccc13)[C@@](C(=O)OC)(c1cc3c(cc1OC)N(C)C1[C@]34CCN3CC=C[C@@](CC)([C@@H](OC(C)=O)[C@]1(O)C(=O)OC)[C@H]34)C2.O.O=C(O)[C@H](O)[C@@H](O)C(=O)O.O=C(O)[C@H](O)[C@@H](O)C(=O)O. The molecule has 25 heteroatoms. The lowest BCUT2D eigenvalue weighted by Crippen LogP contribution is -2.81. The number of anilines is 1. The molecule has 2 aromatic carbocycles. The zero-order valence-corrected chi connectivity index (χ0v) is 44.0. The van der Waals surface area contributed by atoms with Crippen molar-refractivity contribution < 1.29 is 104 Å². The summed E-state index contributed by atoms with van der Waals surface area (Å²) in [6, 6.07) is 11.2. The Morgan fingerprint density at radius 3 is 1.92 bits per heavy atom. The van der Waals surface area contributed by atoms with Gasteiger partial charge in [0.25, 0.3) is 0 Å². The van der Waals surface area contributed by atoms with Crippen LogP contribution < -0.4 is 9.64 Å². The third-order valence-corrected chi connectivity index (χ3v) is 16.4. The highest BCUT2D eigenvalue weighted by molar-refractivity contribution is 5.95. The Bertz CT molecular complexity index is 2830. The number of esters is 3. The number of likely N-dealkylation sites (N-methyl/N-ethyl adjacent to an activating group) is 1. The molecule has 25 nitrogen and oxygen atoms in total. The first-order chi connectivity index (χ1) is 36.3. The van der Waals surface area contributed by atoms with E-state index in [-0.39, 0.29) is 23.4 Å². The van der Waals surface area contributed by atoms with Crippen molar-refractivity contribution in [2.75, 3.05) is 59.5 Å². The Hall–Kier alpha value is -6.97. The third kappa shape index (κ3) is 9.54. The van der Waals surface area contributed by atoms with Gasteiger partial charge in [0, 0.05) is 90.9 Å². The number of aliphatic hydroxyl groups is 5. The fourth-order valence-corrected chi connectivity index (χ4v) is 13.4. The lowest BCUT2D eigenvalue weighted by Gasteiger charge is -2.63. The molecule has 3 aromatic rings. The average molecular weight is 1100 g/mol. The van der Waals surface area contributed by atoms with Crippen molar-refractivity contribution in [3.05, 3.63) is 82.6 Å². The van der Waals surface area contributed by atoms with Crippen LogP contribution in [0.4, 0.5) is 5.69 Å². The number of aromatic nitrogens is 1. The van der Waals surface area contributed by atoms with E-state index in [1.54, 1.807) is 7.11 Å². The average Bonchev–Trinajstić information content (AvgIpc) is 4.11. The summed E-state index contributed by atoms with van der Waals surface area (Å²) in [4.78, 5) is 92.2. The second-order valence-corrected chi connectivity index (χ2v) is 20.3. The standard InChI is InChI=1S/C45H54N4O8.2C4H6O6.H2O/c1-8-27-19-28-22-44(40(51)55-6,36-30(25-48(23-27)24-28)29-13-10-11-14-33(29)46-36)32-20-31-34(21-35(32)54-5)47(4)38-43(31)16-18-49-17-12-15-42(9-2,37(43)49)39(57-26(3)50)45(38,53)41(52)56-7;2*5-1(3(7)8)2(6)4(9)10;/h10-15,19-21,28,37-39,46,53H,8-9,16-18,22-25H2,1-7H3;2*1-2,5-6H,(H,7,8)(H,9,10);1H2/t28-,37-,38?,39+,42+,43+,44-,45-;2*1-,2-;/m011./s1. The van der Waals surface area contributed by atoms with Gasteiger partial charge in [-0.15, -0.1) is 0 Å². The van der Waals surface area contributed by atoms with Crippen LogP contribution in [0.25, 0.3) is 10.9 Å². The highest BCUT2D eigenvalue weighted by Crippen LogP contribution is 2.68. The van der Waals surface area contributed by atoms with E-state index in [4.69, 9.17) is 59.8 Å². The summed E-state index contributed by atoms with van der Waals surface area (Å²) < 4.78 is 23.9. The van der Waals surface area contributed by atoms with Crippen LogP contribution in [0.2, 0.25) is 0 Å². The van der Waals surface area contributed by atoms with E-state index >= 15 is 4.79 Å². The summed E-state index contributed by atoms with van der Waals surface area (Å²) in [6.07, 6.45) is -1.39. The van der Waals surface area contributed by atoms with E-state index in [0.717, 1.165) is 52.9 Å². The summed E-state index contributed by atoms with van der Waals surface area (Å²) in [6.45, 7) is 9.19. The molecule has 0 radical (unpaired) electrons. The number of nitrogens with zero attached hydrogens (tertiary/aromatic N) is 3. The number of H-pyrrole nitrogens is 1. The molecule has 5 aliphatic heterocycles. The van der Waals surface area contributed by atoms with Gasteiger partial charge in [0.2, 0.25) is 5.60 Å². The summed E-state index contributed by atoms with van der Waals surface area (Å²) in [5.41, 5.74) is 1.05. The molecule has 2 fully saturated rings. The normalized spacial score (nSPS) is 29.6. The fraction of sp³-hybridized carbons (Fsp3) is 0.528. The number of carboxylic acid groups (broad SMARTS) is 4. The molecule has 426 valence electrons. The first-order valence-electron chi connectivity index (χ1n) is 24.9. The summed E-state index contributed by atoms with van der Waals surface area (Å²) in [5.74, 6) is -8.39. The molecule has 6 heterocycles. The van der Waals surface area contributed by atoms with E-state index in [9.17, 15) is 33.9 Å². The molecule has 12 N–H and O–H groups in total. The lowest BCUT2D eigenvalue weighted by atomic mass is 9.47. The Morgan fingerprint density at radius 2 is 1.40 bits per heavy atom. The van der Waals surface area contributed by atoms with Gasteiger partial charge in [-0.2, -0.15) is 0 Å². The number of para-hydroxylation sites is 1. The van der Waals surface area contributed by atoms with Gasteiger partial charge in [-0.1, -0.05) is 55.8 Å². The number of carboxylic acids is 4. The predicted octanol–water partition coefficient (Wildman–Crippen LogP) is -0.316. The monoisotopic (exact) mass is 1100 g/mol. The number of rotatable bonds is 13. The number of fused-ring (bicyclic) bond motifs is 6. The zero-order chi connectivity index (χ0) is 56.9. The van der Waals surface area contributed by atoms with Gasteiger partial charge in [0.05, 0.1) is 27.4 Å². The maximum absolute atomic E-state index is 15.2. The van der Waals surface area contributed by atoms with Gasteiger partial charge in [-0.25, -0.2) is 24.0 Å². The molecule has 1 aromatic heterocycles. The highest BCUT2D eigenvalue weighted by Gasteiger charge is 2.80. The molecule has 1 saturated heterocycles. The largest absolute Gasteiger partial charge is 0.496 e. The van der Waals surface area contributed by atoms with E-state index in [1.807, 2.05) is 37.1 Å². The topological polar surface area (TPSA) is 395 Å². The van der Waals surface area contributed by atoms with E-state index in [2.05, 4.69) is 58.1 Å². The van der Waals surface area contributed by atoms with Crippen molar-refractivity contribution in [3.8, 4) is 5.75 Å². The molecule has 1 aliphatic carbocycles. The predicted molar refractivity (Wildman–Crippen MR) is 272 cm³/mol. The fourth-order valence-electron chi connectivity index (χ4n) is 13.4. The maximum atomic E-state index is 15.2. The smallest absolute Gasteiger partial charge is 0.344 e. The number of carbonyl (C=O) groups is 7. The van der Waals surface area contributed by atoms with Crippen LogP contribution in [0.5, 0.6) is 5.75 Å². The maximum Gasteiger partial charge on any atom is 0.344 e. The number of aromatic amines is 1. The lowest BCUT2D eigenvalue weighted by molar-refractivity contribution is -0.228. The van der Waals surface area contributed by atoms with Gasteiger partial charge < -0.3 is 80.3 Å². The quantitative estimate of drug-likeness (QED) is 0.0596. The molecular formula is C53H68N4O21. The van der Waals surface area contributed by atoms with Gasteiger partial charge in [-0.05, 0) is 61.4 Å². The van der Waals surface area contributed by atoms with Crippen molar-refractivity contribution in [1.82, 2.24) is 14.8 Å². The second kappa shape index (κ2) is 22.8. The minimum atomic E-state index is -2.27. The van der Waals surface area contributed by atoms with Crippen LogP contribution in [-0.4, -0.2) is 211 Å². The van der Waals surface area contributed by atoms with Crippen LogP contribution in [0.3, 0.4) is 0 Å². The molecule has 2 bridgehead atoms. The molecule has 78 heavy (non-hydrogen) atoms. The van der Waals surface area contributed by atoms with Gasteiger partial charge >= 0.3 is 41.8 Å². The van der Waals surface area contributed by atoms with Crippen LogP contribution in [0, 0.1) is 11.3 Å². The summed E-state index contributed by atoms with van der Waals surface area (Å²) >= 11 is 0. The van der Waals surface area contributed by atoms with Gasteiger partial charge in [0.1, 0.15) is 11.2 Å². The molecule has 1 saturated carbocycles. The Morgan fingerprint density at radius 1 is 0.808 bits per heavy atom. The molecule has 0 amide bonds.